The maximum Gasteiger partial charge on any atom is 0.201 e. The maximum atomic E-state index is 13.4. The van der Waals surface area contributed by atoms with Crippen molar-refractivity contribution in [2.75, 3.05) is 5.73 Å². The maximum absolute atomic E-state index is 13.4. The summed E-state index contributed by atoms with van der Waals surface area (Å²) >= 11 is 0. The van der Waals surface area contributed by atoms with E-state index in [-0.39, 0.29) is 11.9 Å². The van der Waals surface area contributed by atoms with E-state index in [2.05, 4.69) is 11.1 Å². The van der Waals surface area contributed by atoms with Crippen LogP contribution in [0.3, 0.4) is 0 Å². The van der Waals surface area contributed by atoms with Crippen molar-refractivity contribution >= 4 is 17.0 Å². The monoisotopic (exact) mass is 283 g/mol. The van der Waals surface area contributed by atoms with Gasteiger partial charge in [-0.15, -0.1) is 0 Å². The molecule has 0 bridgehead atoms. The van der Waals surface area contributed by atoms with Crippen molar-refractivity contribution in [2.24, 2.45) is 0 Å². The lowest BCUT2D eigenvalue weighted by atomic mass is 10.1. The molecule has 0 amide bonds. The van der Waals surface area contributed by atoms with Crippen LogP contribution in [0.1, 0.15) is 5.56 Å². The summed E-state index contributed by atoms with van der Waals surface area (Å²) in [6.07, 6.45) is 0.815. The number of hydrogen-bond donors (Lipinski definition) is 1. The molecule has 0 spiro atoms. The fraction of sp³-hybridized carbons (Fsp3) is 0.188. The summed E-state index contributed by atoms with van der Waals surface area (Å²) in [5, 5.41) is 0. The molecule has 4 rings (SSSR count). The van der Waals surface area contributed by atoms with Gasteiger partial charge in [0.05, 0.1) is 17.6 Å². The molecular formula is C16H14FN3O. The Morgan fingerprint density at radius 1 is 1.29 bits per heavy atom. The molecule has 2 N–H and O–H groups in total. The van der Waals surface area contributed by atoms with Gasteiger partial charge in [-0.3, -0.25) is 0 Å². The van der Waals surface area contributed by atoms with Crippen LogP contribution in [0.4, 0.5) is 10.3 Å². The lowest BCUT2D eigenvalue weighted by Gasteiger charge is -2.13. The molecule has 21 heavy (non-hydrogen) atoms. The van der Waals surface area contributed by atoms with Crippen molar-refractivity contribution in [3.63, 3.8) is 0 Å². The van der Waals surface area contributed by atoms with Crippen LogP contribution in [0, 0.1) is 5.82 Å². The molecule has 106 valence electrons. The largest absolute Gasteiger partial charge is 0.488 e. The van der Waals surface area contributed by atoms with Crippen LogP contribution < -0.4 is 10.5 Å². The molecule has 0 aliphatic carbocycles. The molecule has 2 heterocycles. The van der Waals surface area contributed by atoms with Crippen molar-refractivity contribution in [1.82, 2.24) is 9.55 Å². The number of benzene rings is 2. The van der Waals surface area contributed by atoms with Crippen LogP contribution in [0.5, 0.6) is 5.75 Å². The minimum Gasteiger partial charge on any atom is -0.488 e. The van der Waals surface area contributed by atoms with Crippen molar-refractivity contribution in [3.05, 3.63) is 53.8 Å². The third kappa shape index (κ3) is 2.01. The summed E-state index contributed by atoms with van der Waals surface area (Å²) < 4.78 is 21.2. The lowest BCUT2D eigenvalue weighted by Crippen LogP contribution is -2.21. The Labute approximate surface area is 121 Å². The fourth-order valence-electron chi connectivity index (χ4n) is 2.87. The Hall–Kier alpha value is -2.56. The number of nitrogens with two attached hydrogens (primary N) is 1. The number of nitrogen functional groups attached to an aromatic ring is 1. The first-order valence-corrected chi connectivity index (χ1v) is 6.86. The number of rotatable bonds is 2. The van der Waals surface area contributed by atoms with Gasteiger partial charge < -0.3 is 15.0 Å². The predicted molar refractivity (Wildman–Crippen MR) is 78.7 cm³/mol. The molecule has 3 aromatic rings. The molecule has 1 aliphatic heterocycles. The highest BCUT2D eigenvalue weighted by Gasteiger charge is 2.24. The highest BCUT2D eigenvalue weighted by molar-refractivity contribution is 5.78. The van der Waals surface area contributed by atoms with Crippen LogP contribution in [0.2, 0.25) is 0 Å². The molecule has 0 saturated heterocycles. The first-order valence-electron chi connectivity index (χ1n) is 6.86. The van der Waals surface area contributed by atoms with Crippen molar-refractivity contribution in [2.45, 2.75) is 19.1 Å². The molecule has 2 aromatic carbocycles. The van der Waals surface area contributed by atoms with Crippen LogP contribution in [0.25, 0.3) is 11.0 Å². The van der Waals surface area contributed by atoms with Gasteiger partial charge in [0.2, 0.25) is 5.95 Å². The normalized spacial score (nSPS) is 16.9. The lowest BCUT2D eigenvalue weighted by molar-refractivity contribution is 0.211. The second kappa shape index (κ2) is 4.48. The molecule has 0 fully saturated rings. The topological polar surface area (TPSA) is 53.1 Å². The Bertz CT molecular complexity index is 803. The van der Waals surface area contributed by atoms with Crippen molar-refractivity contribution in [3.8, 4) is 5.75 Å². The van der Waals surface area contributed by atoms with E-state index in [0.29, 0.717) is 23.5 Å². The number of para-hydroxylation sites is 1. The molecule has 0 radical (unpaired) electrons. The van der Waals surface area contributed by atoms with Gasteiger partial charge in [0.1, 0.15) is 17.7 Å². The molecule has 1 aliphatic rings. The van der Waals surface area contributed by atoms with E-state index >= 15 is 0 Å². The number of nitrogens with zero attached hydrogens (tertiary/aromatic N) is 2. The van der Waals surface area contributed by atoms with E-state index in [1.165, 1.54) is 17.7 Å². The average Bonchev–Trinajstić information content (AvgIpc) is 3.01. The Morgan fingerprint density at radius 2 is 2.14 bits per heavy atom. The molecule has 1 aromatic heterocycles. The summed E-state index contributed by atoms with van der Waals surface area (Å²) in [6, 6.07) is 12.5. The number of imidazole rings is 1. The highest BCUT2D eigenvalue weighted by Crippen LogP contribution is 2.30. The number of hydrogen-bond acceptors (Lipinski definition) is 3. The second-order valence-corrected chi connectivity index (χ2v) is 5.27. The van der Waals surface area contributed by atoms with E-state index in [9.17, 15) is 4.39 Å². The van der Waals surface area contributed by atoms with Crippen LogP contribution in [0.15, 0.2) is 42.5 Å². The first kappa shape index (κ1) is 12.2. The highest BCUT2D eigenvalue weighted by atomic mass is 19.1. The second-order valence-electron chi connectivity index (χ2n) is 5.27. The first-order chi connectivity index (χ1) is 10.2. The van der Waals surface area contributed by atoms with Crippen LogP contribution >= 0.6 is 0 Å². The molecule has 0 saturated carbocycles. The fourth-order valence-corrected chi connectivity index (χ4v) is 2.87. The van der Waals surface area contributed by atoms with Crippen molar-refractivity contribution in [1.29, 1.82) is 0 Å². The Kier molecular flexibility index (Phi) is 2.60. The number of ether oxygens (including phenoxy) is 1. The smallest absolute Gasteiger partial charge is 0.201 e. The summed E-state index contributed by atoms with van der Waals surface area (Å²) in [4.78, 5) is 4.26. The van der Waals surface area contributed by atoms with E-state index in [4.69, 9.17) is 10.5 Å². The summed E-state index contributed by atoms with van der Waals surface area (Å²) in [5.41, 5.74) is 8.55. The van der Waals surface area contributed by atoms with Crippen molar-refractivity contribution < 1.29 is 9.13 Å². The van der Waals surface area contributed by atoms with Gasteiger partial charge in [-0.05, 0) is 29.8 Å². The number of anilines is 1. The van der Waals surface area contributed by atoms with Crippen LogP contribution in [-0.4, -0.2) is 15.7 Å². The number of fused-ring (bicyclic) bond motifs is 2. The summed E-state index contributed by atoms with van der Waals surface area (Å²) in [5.74, 6) is 1.01. The Balaban J connectivity index is 1.67. The van der Waals surface area contributed by atoms with Gasteiger partial charge in [-0.1, -0.05) is 18.2 Å². The van der Waals surface area contributed by atoms with Gasteiger partial charge >= 0.3 is 0 Å². The van der Waals surface area contributed by atoms with Gasteiger partial charge in [0.25, 0.3) is 0 Å². The zero-order valence-electron chi connectivity index (χ0n) is 11.3. The number of aromatic nitrogens is 2. The van der Waals surface area contributed by atoms with Crippen LogP contribution in [-0.2, 0) is 13.0 Å². The summed E-state index contributed by atoms with van der Waals surface area (Å²) in [7, 11) is 0. The molecule has 4 nitrogen and oxygen atoms in total. The number of halogens is 1. The minimum absolute atomic E-state index is 0.00892. The molecule has 1 unspecified atom stereocenters. The molecular weight excluding hydrogens is 269 g/mol. The molecule has 5 heteroatoms. The van der Waals surface area contributed by atoms with E-state index < -0.39 is 0 Å². The zero-order valence-corrected chi connectivity index (χ0v) is 11.3. The van der Waals surface area contributed by atoms with Gasteiger partial charge in [0.15, 0.2) is 0 Å². The predicted octanol–water partition coefficient (Wildman–Crippen LogP) is 2.76. The third-order valence-corrected chi connectivity index (χ3v) is 3.84. The average molecular weight is 283 g/mol. The standard InChI is InChI=1S/C16H14FN3O/c17-11-5-6-13-14(8-11)20(16(18)19-13)9-12-7-10-3-1-2-4-15(10)21-12/h1-6,8,12H,7,9H2,(H2,18,19). The SMILES string of the molecule is Nc1nc2ccc(F)cc2n1CC1Cc2ccccc2O1. The molecule has 1 atom stereocenters. The van der Waals surface area contributed by atoms with E-state index in [0.717, 1.165) is 12.2 Å². The van der Waals surface area contributed by atoms with Gasteiger partial charge in [-0.2, -0.15) is 0 Å². The van der Waals surface area contributed by atoms with Gasteiger partial charge in [0, 0.05) is 6.42 Å². The van der Waals surface area contributed by atoms with E-state index in [1.807, 2.05) is 22.8 Å². The quantitative estimate of drug-likeness (QED) is 0.786. The zero-order chi connectivity index (χ0) is 14.4. The summed E-state index contributed by atoms with van der Waals surface area (Å²) in [6.45, 7) is 0.556. The minimum atomic E-state index is -0.292. The van der Waals surface area contributed by atoms with Gasteiger partial charge in [-0.25, -0.2) is 9.37 Å². The third-order valence-electron chi connectivity index (χ3n) is 3.84. The Morgan fingerprint density at radius 3 is 3.00 bits per heavy atom. The van der Waals surface area contributed by atoms with E-state index in [1.54, 1.807) is 6.07 Å².